The predicted octanol–water partition coefficient (Wildman–Crippen LogP) is 4.42. The molecule has 0 saturated heterocycles. The summed E-state index contributed by atoms with van der Waals surface area (Å²) in [5.41, 5.74) is 0.689. The lowest BCUT2D eigenvalue weighted by molar-refractivity contribution is 0.0980. The number of likely N-dealkylation sites (N-methyl/N-ethyl adjacent to an activating group) is 1. The van der Waals surface area contributed by atoms with Gasteiger partial charge in [-0.05, 0) is 63.5 Å². The molecule has 1 atom stereocenters. The van der Waals surface area contributed by atoms with Crippen LogP contribution >= 0.6 is 0 Å². The molecule has 0 aliphatic carbocycles. The first kappa shape index (κ1) is 36.2. The van der Waals surface area contributed by atoms with Gasteiger partial charge in [0.25, 0.3) is 5.91 Å². The number of carbonyl (C=O) groups excluding carboxylic acids is 2. The average Bonchev–Trinajstić information content (AvgIpc) is 3.38. The van der Waals surface area contributed by atoms with Crippen molar-refractivity contribution in [3.63, 3.8) is 0 Å². The van der Waals surface area contributed by atoms with Gasteiger partial charge in [0.15, 0.2) is 5.82 Å². The van der Waals surface area contributed by atoms with E-state index in [0.29, 0.717) is 49.4 Å². The summed E-state index contributed by atoms with van der Waals surface area (Å²) in [4.78, 5) is 27.7. The number of amides is 1. The summed E-state index contributed by atoms with van der Waals surface area (Å²) < 4.78 is 76.8. The molecular formula is C32H37F2N5O8S. The second kappa shape index (κ2) is 16.0. The van der Waals surface area contributed by atoms with Gasteiger partial charge in [-0.2, -0.15) is 4.68 Å². The number of ether oxygens (including phenoxy) is 4. The number of fused-ring (bicyclic) bond motifs is 1. The molecule has 0 saturated carbocycles. The number of hydrogen-bond donors (Lipinski definition) is 2. The van der Waals surface area contributed by atoms with Crippen molar-refractivity contribution >= 4 is 44.2 Å². The van der Waals surface area contributed by atoms with Crippen LogP contribution in [-0.2, 0) is 24.0 Å². The van der Waals surface area contributed by atoms with Crippen LogP contribution in [0.1, 0.15) is 17.3 Å². The first-order chi connectivity index (χ1) is 22.8. The van der Waals surface area contributed by atoms with Crippen LogP contribution in [0.25, 0.3) is 10.9 Å². The lowest BCUT2D eigenvalue weighted by atomic mass is 10.1. The molecule has 0 fully saturated rings. The molecule has 4 rings (SSSR count). The molecule has 0 aliphatic rings. The van der Waals surface area contributed by atoms with Crippen molar-refractivity contribution < 1.29 is 45.7 Å². The van der Waals surface area contributed by atoms with Gasteiger partial charge in [0.2, 0.25) is 9.84 Å². The van der Waals surface area contributed by atoms with Crippen molar-refractivity contribution in [3.8, 4) is 5.75 Å². The van der Waals surface area contributed by atoms with Crippen molar-refractivity contribution in [3.05, 3.63) is 71.8 Å². The number of nitrogens with zero attached hydrogens (tertiary/aromatic N) is 3. The summed E-state index contributed by atoms with van der Waals surface area (Å²) in [7, 11) is 2.37. The summed E-state index contributed by atoms with van der Waals surface area (Å²) in [6.07, 6.45) is -0.921. The van der Waals surface area contributed by atoms with Gasteiger partial charge >= 0.3 is 6.09 Å². The van der Waals surface area contributed by atoms with Crippen LogP contribution in [-0.4, -0.2) is 102 Å². The summed E-state index contributed by atoms with van der Waals surface area (Å²) in [5.74, 6) is -2.47. The molecule has 1 unspecified atom stereocenters. The molecule has 1 aromatic heterocycles. The summed E-state index contributed by atoms with van der Waals surface area (Å²) in [6.45, 7) is 3.27. The Labute approximate surface area is 276 Å². The maximum atomic E-state index is 13.9. The van der Waals surface area contributed by atoms with E-state index in [0.717, 1.165) is 16.8 Å². The minimum absolute atomic E-state index is 0.0379. The second-order valence-electron chi connectivity index (χ2n) is 11.0. The van der Waals surface area contributed by atoms with Crippen molar-refractivity contribution in [2.45, 2.75) is 22.8 Å². The molecule has 0 radical (unpaired) electrons. The smallest absolute Gasteiger partial charge is 0.435 e. The third kappa shape index (κ3) is 8.83. The van der Waals surface area contributed by atoms with Gasteiger partial charge in [-0.15, -0.1) is 5.10 Å². The Bertz CT molecular complexity index is 1860. The van der Waals surface area contributed by atoms with Gasteiger partial charge in [0, 0.05) is 44.3 Å². The molecule has 258 valence electrons. The van der Waals surface area contributed by atoms with Crippen LogP contribution < -0.4 is 15.4 Å². The molecule has 3 aromatic carbocycles. The Kier molecular flexibility index (Phi) is 12.0. The standard InChI is InChI=1S/C32H37F2N5O8S/c1-20(19-45-5)35-28-17-23(46-11-10-38(2)3)6-8-26(28)31(40)36-30-27-18-24(48(42,43)25-15-21(33)14-22(34)16-25)7-9-29(27)39(37-30)32(41)47-13-12-44-4/h6-9,14-18,20,35H,10-13,19H2,1-5H3,(H,36,37,40). The van der Waals surface area contributed by atoms with Crippen molar-refractivity contribution in [1.29, 1.82) is 0 Å². The lowest BCUT2D eigenvalue weighted by Gasteiger charge is -2.19. The molecule has 0 spiro atoms. The number of anilines is 2. The van der Waals surface area contributed by atoms with Gasteiger partial charge in [0.1, 0.15) is 30.6 Å². The number of halogens is 2. The Morgan fingerprint density at radius 2 is 1.67 bits per heavy atom. The highest BCUT2D eigenvalue weighted by Gasteiger charge is 2.25. The number of rotatable bonds is 15. The topological polar surface area (TPSA) is 150 Å². The van der Waals surface area contributed by atoms with E-state index in [1.807, 2.05) is 25.9 Å². The number of aromatic nitrogens is 2. The molecule has 16 heteroatoms. The zero-order valence-corrected chi connectivity index (χ0v) is 27.9. The van der Waals surface area contributed by atoms with Crippen molar-refractivity contribution in [1.82, 2.24) is 14.7 Å². The Balaban J connectivity index is 1.76. The van der Waals surface area contributed by atoms with Crippen molar-refractivity contribution in [2.75, 3.05) is 71.9 Å². The van der Waals surface area contributed by atoms with E-state index in [4.69, 9.17) is 18.9 Å². The highest BCUT2D eigenvalue weighted by molar-refractivity contribution is 7.91. The van der Waals surface area contributed by atoms with E-state index >= 15 is 0 Å². The number of nitrogens with one attached hydrogen (secondary N) is 2. The van der Waals surface area contributed by atoms with Gasteiger partial charge in [-0.3, -0.25) is 4.79 Å². The van der Waals surface area contributed by atoms with Gasteiger partial charge in [0.05, 0.1) is 39.8 Å². The summed E-state index contributed by atoms with van der Waals surface area (Å²) >= 11 is 0. The fraction of sp³-hybridized carbons (Fsp3) is 0.344. The molecule has 1 heterocycles. The lowest BCUT2D eigenvalue weighted by Crippen LogP contribution is -2.24. The Hall–Kier alpha value is -4.64. The van der Waals surface area contributed by atoms with E-state index in [1.165, 1.54) is 13.2 Å². The van der Waals surface area contributed by atoms with Crippen LogP contribution in [0.3, 0.4) is 0 Å². The predicted molar refractivity (Wildman–Crippen MR) is 174 cm³/mol. The number of carbonyl (C=O) groups is 2. The molecule has 1 amide bonds. The normalized spacial score (nSPS) is 12.2. The second-order valence-corrected chi connectivity index (χ2v) is 12.9. The van der Waals surface area contributed by atoms with E-state index in [1.54, 1.807) is 25.3 Å². The SMILES string of the molecule is COCCOC(=O)n1nc(NC(=O)c2ccc(OCCN(C)C)cc2NC(C)COC)c2cc(S(=O)(=O)c3cc(F)cc(F)c3)ccc21. The van der Waals surface area contributed by atoms with Crippen LogP contribution in [0.5, 0.6) is 5.75 Å². The van der Waals surface area contributed by atoms with E-state index in [-0.39, 0.29) is 46.4 Å². The van der Waals surface area contributed by atoms with Crippen LogP contribution in [0.15, 0.2) is 64.4 Å². The molecular weight excluding hydrogens is 652 g/mol. The molecule has 4 aromatic rings. The minimum atomic E-state index is -4.45. The number of sulfone groups is 1. The van der Waals surface area contributed by atoms with E-state index < -0.39 is 38.4 Å². The Morgan fingerprint density at radius 1 is 0.938 bits per heavy atom. The summed E-state index contributed by atoms with van der Waals surface area (Å²) in [5, 5.41) is 10.2. The molecule has 48 heavy (non-hydrogen) atoms. The monoisotopic (exact) mass is 689 g/mol. The third-order valence-corrected chi connectivity index (χ3v) is 8.62. The third-order valence-electron chi connectivity index (χ3n) is 6.89. The number of hydrogen-bond acceptors (Lipinski definition) is 11. The first-order valence-corrected chi connectivity index (χ1v) is 16.2. The van der Waals surface area contributed by atoms with Gasteiger partial charge < -0.3 is 34.5 Å². The minimum Gasteiger partial charge on any atom is -0.492 e. The fourth-order valence-corrected chi connectivity index (χ4v) is 5.93. The maximum absolute atomic E-state index is 13.9. The quantitative estimate of drug-likeness (QED) is 0.171. The summed E-state index contributed by atoms with van der Waals surface area (Å²) in [6, 6.07) is 10.2. The molecule has 13 nitrogen and oxygen atoms in total. The molecule has 0 aliphatic heterocycles. The van der Waals surface area contributed by atoms with E-state index in [2.05, 4.69) is 15.7 Å². The van der Waals surface area contributed by atoms with Gasteiger partial charge in [-0.25, -0.2) is 22.0 Å². The highest BCUT2D eigenvalue weighted by atomic mass is 32.2. The largest absolute Gasteiger partial charge is 0.492 e. The zero-order chi connectivity index (χ0) is 35.0. The van der Waals surface area contributed by atoms with Gasteiger partial charge in [-0.1, -0.05) is 0 Å². The Morgan fingerprint density at radius 3 is 2.33 bits per heavy atom. The van der Waals surface area contributed by atoms with Crippen LogP contribution in [0, 0.1) is 11.6 Å². The first-order valence-electron chi connectivity index (χ1n) is 14.7. The zero-order valence-electron chi connectivity index (χ0n) is 27.1. The van der Waals surface area contributed by atoms with Crippen molar-refractivity contribution in [2.24, 2.45) is 0 Å². The van der Waals surface area contributed by atoms with E-state index in [9.17, 15) is 26.8 Å². The van der Waals surface area contributed by atoms with Crippen LogP contribution in [0.2, 0.25) is 0 Å². The number of benzene rings is 3. The maximum Gasteiger partial charge on any atom is 0.435 e. The average molecular weight is 690 g/mol. The fourth-order valence-electron chi connectivity index (χ4n) is 4.60. The molecule has 2 N–H and O–H groups in total. The molecule has 0 bridgehead atoms. The highest BCUT2D eigenvalue weighted by Crippen LogP contribution is 2.31. The number of methoxy groups -OCH3 is 2. The van der Waals surface area contributed by atoms with Crippen LogP contribution in [0.4, 0.5) is 25.1 Å².